The Morgan fingerprint density at radius 3 is 2.06 bits per heavy atom. The fourth-order valence-corrected chi connectivity index (χ4v) is 1.70. The monoisotopic (exact) mass is 260 g/mol. The molecule has 1 rings (SSSR count). The molecule has 0 radical (unpaired) electrons. The van der Waals surface area contributed by atoms with Crippen LogP contribution in [0.4, 0.5) is 4.79 Å². The van der Waals surface area contributed by atoms with Crippen molar-refractivity contribution in [2.24, 2.45) is 5.92 Å². The first-order valence-corrected chi connectivity index (χ1v) is 5.63. The molecule has 0 unspecified atom stereocenters. The second-order valence-electron chi connectivity index (χ2n) is 3.77. The Kier molecular flexibility index (Phi) is 4.22. The minimum Gasteiger partial charge on any atom is -0.298 e. The Labute approximate surface area is 103 Å². The molecule has 0 atom stereocenters. The summed E-state index contributed by atoms with van der Waals surface area (Å²) < 4.78 is 0. The third kappa shape index (κ3) is 2.46. The first-order valence-electron chi connectivity index (χ1n) is 5.09. The van der Waals surface area contributed by atoms with Gasteiger partial charge in [0.2, 0.25) is 0 Å². The van der Waals surface area contributed by atoms with Gasteiger partial charge < -0.3 is 0 Å². The number of hydrogen-bond donors (Lipinski definition) is 0. The van der Waals surface area contributed by atoms with Gasteiger partial charge in [-0.3, -0.25) is 24.2 Å². The van der Waals surface area contributed by atoms with Gasteiger partial charge in [0, 0.05) is 26.4 Å². The Balaban J connectivity index is 2.90. The second kappa shape index (κ2) is 5.27. The highest BCUT2D eigenvalue weighted by Gasteiger charge is 2.45. The van der Waals surface area contributed by atoms with Crippen molar-refractivity contribution in [3.63, 3.8) is 0 Å². The van der Waals surface area contributed by atoms with Crippen LogP contribution in [0.2, 0.25) is 0 Å². The molecule has 0 N–H and O–H groups in total. The highest BCUT2D eigenvalue weighted by molar-refractivity contribution is 6.26. The Morgan fingerprint density at radius 2 is 1.65 bits per heavy atom. The van der Waals surface area contributed by atoms with Gasteiger partial charge in [-0.1, -0.05) is 0 Å². The predicted molar refractivity (Wildman–Crippen MR) is 59.4 cm³/mol. The van der Waals surface area contributed by atoms with Gasteiger partial charge in [0.05, 0.1) is 0 Å². The smallest absolute Gasteiger partial charge is 0.298 e. The third-order valence-electron chi connectivity index (χ3n) is 2.61. The van der Waals surface area contributed by atoms with E-state index in [9.17, 15) is 19.2 Å². The van der Waals surface area contributed by atoms with E-state index < -0.39 is 29.5 Å². The summed E-state index contributed by atoms with van der Waals surface area (Å²) in [5, 5.41) is 0. The molecule has 1 aliphatic heterocycles. The maximum atomic E-state index is 11.7. The SMILES string of the molecule is CN1C(=O)C(C(=O)CCCCl)C(=O)N(C)C1=O. The molecule has 0 aliphatic carbocycles. The lowest BCUT2D eigenvalue weighted by Crippen LogP contribution is -2.58. The van der Waals surface area contributed by atoms with E-state index in [1.54, 1.807) is 0 Å². The summed E-state index contributed by atoms with van der Waals surface area (Å²) in [7, 11) is 2.49. The third-order valence-corrected chi connectivity index (χ3v) is 2.87. The van der Waals surface area contributed by atoms with Crippen LogP contribution in [-0.4, -0.2) is 53.4 Å². The quantitative estimate of drug-likeness (QED) is 0.536. The van der Waals surface area contributed by atoms with Crippen molar-refractivity contribution >= 4 is 35.2 Å². The van der Waals surface area contributed by atoms with Gasteiger partial charge >= 0.3 is 6.03 Å². The van der Waals surface area contributed by atoms with Crippen LogP contribution in [0.25, 0.3) is 0 Å². The number of rotatable bonds is 4. The number of amides is 4. The largest absolute Gasteiger partial charge is 0.332 e. The van der Waals surface area contributed by atoms with Gasteiger partial charge in [0.25, 0.3) is 11.8 Å². The molecule has 0 aromatic rings. The van der Waals surface area contributed by atoms with Gasteiger partial charge in [-0.05, 0) is 6.42 Å². The van der Waals surface area contributed by atoms with E-state index >= 15 is 0 Å². The summed E-state index contributed by atoms with van der Waals surface area (Å²) in [6.07, 6.45) is 0.459. The van der Waals surface area contributed by atoms with Gasteiger partial charge in [-0.15, -0.1) is 11.6 Å². The Bertz CT molecular complexity index is 359. The predicted octanol–water partition coefficient (Wildman–Crippen LogP) is 0.241. The lowest BCUT2D eigenvalue weighted by Gasteiger charge is -2.32. The molecule has 17 heavy (non-hydrogen) atoms. The van der Waals surface area contributed by atoms with E-state index in [0.29, 0.717) is 6.42 Å². The normalized spacial score (nSPS) is 17.9. The molecule has 0 saturated carbocycles. The van der Waals surface area contributed by atoms with E-state index in [2.05, 4.69) is 0 Å². The molecule has 0 aromatic carbocycles. The first-order chi connectivity index (χ1) is 7.91. The Morgan fingerprint density at radius 1 is 1.18 bits per heavy atom. The first kappa shape index (κ1) is 13.6. The van der Waals surface area contributed by atoms with Crippen molar-refractivity contribution in [3.8, 4) is 0 Å². The van der Waals surface area contributed by atoms with Crippen molar-refractivity contribution in [1.29, 1.82) is 0 Å². The number of alkyl halides is 1. The lowest BCUT2D eigenvalue weighted by molar-refractivity contribution is -0.151. The average molecular weight is 261 g/mol. The van der Waals surface area contributed by atoms with Crippen LogP contribution in [0.3, 0.4) is 0 Å². The summed E-state index contributed by atoms with van der Waals surface area (Å²) >= 11 is 5.44. The highest BCUT2D eigenvalue weighted by Crippen LogP contribution is 2.18. The summed E-state index contributed by atoms with van der Waals surface area (Å²) in [6.45, 7) is 0. The number of imide groups is 2. The van der Waals surface area contributed by atoms with Crippen LogP contribution in [0.1, 0.15) is 12.8 Å². The zero-order valence-electron chi connectivity index (χ0n) is 9.60. The van der Waals surface area contributed by atoms with Crippen LogP contribution >= 0.6 is 11.6 Å². The highest BCUT2D eigenvalue weighted by atomic mass is 35.5. The van der Waals surface area contributed by atoms with Crippen molar-refractivity contribution in [2.75, 3.05) is 20.0 Å². The van der Waals surface area contributed by atoms with Crippen molar-refractivity contribution < 1.29 is 19.2 Å². The summed E-state index contributed by atoms with van der Waals surface area (Å²) in [6, 6.07) is -0.721. The van der Waals surface area contributed by atoms with Gasteiger partial charge in [0.15, 0.2) is 11.7 Å². The van der Waals surface area contributed by atoms with Crippen molar-refractivity contribution in [1.82, 2.24) is 9.80 Å². The maximum Gasteiger partial charge on any atom is 0.332 e. The number of hydrogen-bond acceptors (Lipinski definition) is 4. The molecular formula is C10H13ClN2O4. The van der Waals surface area contributed by atoms with Gasteiger partial charge in [-0.25, -0.2) is 4.79 Å². The van der Waals surface area contributed by atoms with Crippen LogP contribution in [-0.2, 0) is 14.4 Å². The molecule has 0 bridgehead atoms. The number of nitrogens with zero attached hydrogens (tertiary/aromatic N) is 2. The molecule has 0 spiro atoms. The van der Waals surface area contributed by atoms with Crippen LogP contribution in [0.5, 0.6) is 0 Å². The van der Waals surface area contributed by atoms with Crippen LogP contribution in [0, 0.1) is 5.92 Å². The number of halogens is 1. The van der Waals surface area contributed by atoms with Crippen LogP contribution < -0.4 is 0 Å². The van der Waals surface area contributed by atoms with Crippen molar-refractivity contribution in [3.05, 3.63) is 0 Å². The minimum absolute atomic E-state index is 0.0571. The standard InChI is InChI=1S/C10H13ClN2O4/c1-12-8(15)7(6(14)4-3-5-11)9(16)13(2)10(12)17/h7H,3-5H2,1-2H3. The molecule has 6 nitrogen and oxygen atoms in total. The number of Topliss-reactive ketones (excluding diaryl/α,β-unsaturated/α-hetero) is 1. The molecule has 94 valence electrons. The van der Waals surface area contributed by atoms with E-state index in [-0.39, 0.29) is 12.3 Å². The molecular weight excluding hydrogens is 248 g/mol. The number of barbiturate groups is 1. The fraction of sp³-hybridized carbons (Fsp3) is 0.600. The second-order valence-corrected chi connectivity index (χ2v) is 4.15. The van der Waals surface area contributed by atoms with Crippen LogP contribution in [0.15, 0.2) is 0 Å². The molecule has 1 heterocycles. The van der Waals surface area contributed by atoms with E-state index in [0.717, 1.165) is 9.80 Å². The number of ketones is 1. The average Bonchev–Trinajstić information content (AvgIpc) is 2.31. The molecule has 0 aromatic heterocycles. The topological polar surface area (TPSA) is 74.8 Å². The molecule has 7 heteroatoms. The van der Waals surface area contributed by atoms with E-state index in [4.69, 9.17) is 11.6 Å². The summed E-state index contributed by atoms with van der Waals surface area (Å²) in [4.78, 5) is 48.1. The van der Waals surface area contributed by atoms with E-state index in [1.165, 1.54) is 14.1 Å². The van der Waals surface area contributed by atoms with Gasteiger partial charge in [0.1, 0.15) is 0 Å². The Hall–Kier alpha value is -1.43. The van der Waals surface area contributed by atoms with E-state index in [1.807, 2.05) is 0 Å². The summed E-state index contributed by atoms with van der Waals surface area (Å²) in [5.74, 6) is -3.14. The lowest BCUT2D eigenvalue weighted by atomic mass is 9.96. The number of urea groups is 1. The number of carbonyl (C=O) groups excluding carboxylic acids is 4. The molecule has 4 amide bonds. The minimum atomic E-state index is -1.40. The summed E-state index contributed by atoms with van der Waals surface area (Å²) in [5.41, 5.74) is 0. The van der Waals surface area contributed by atoms with Crippen molar-refractivity contribution in [2.45, 2.75) is 12.8 Å². The molecule has 1 aliphatic rings. The number of carbonyl (C=O) groups is 4. The zero-order chi connectivity index (χ0) is 13.2. The zero-order valence-corrected chi connectivity index (χ0v) is 10.4. The molecule has 1 fully saturated rings. The maximum absolute atomic E-state index is 11.7. The van der Waals surface area contributed by atoms with Gasteiger partial charge in [-0.2, -0.15) is 0 Å². The fourth-order valence-electron chi connectivity index (χ4n) is 1.57. The molecule has 1 saturated heterocycles.